The van der Waals surface area contributed by atoms with Gasteiger partial charge < -0.3 is 0 Å². The molecule has 1 aliphatic carbocycles. The van der Waals surface area contributed by atoms with Crippen LogP contribution in [0.15, 0.2) is 4.79 Å². The van der Waals surface area contributed by atoms with Crippen LogP contribution in [0, 0.1) is 5.41 Å². The van der Waals surface area contributed by atoms with Gasteiger partial charge in [-0.05, 0) is 36.9 Å². The molecule has 1 saturated carbocycles. The first-order chi connectivity index (χ1) is 8.74. The van der Waals surface area contributed by atoms with Crippen LogP contribution < -0.4 is 5.69 Å². The molecule has 0 spiro atoms. The number of aromatic nitrogens is 3. The Bertz CT molecular complexity index is 485. The topological polar surface area (TPSA) is 39.8 Å². The van der Waals surface area contributed by atoms with Crippen LogP contribution in [-0.4, -0.2) is 20.1 Å². The van der Waals surface area contributed by atoms with Crippen molar-refractivity contribution in [1.82, 2.24) is 14.3 Å². The monoisotopic (exact) mass is 267 g/mol. The van der Waals surface area contributed by atoms with Crippen molar-refractivity contribution in [2.75, 3.05) is 5.75 Å². The van der Waals surface area contributed by atoms with Crippen LogP contribution in [0.5, 0.6) is 0 Å². The molecule has 3 rings (SSSR count). The van der Waals surface area contributed by atoms with Crippen molar-refractivity contribution >= 4 is 12.6 Å². The summed E-state index contributed by atoms with van der Waals surface area (Å²) in [6.45, 7) is 1.61. The van der Waals surface area contributed by atoms with Gasteiger partial charge in [0.2, 0.25) is 0 Å². The molecule has 0 saturated heterocycles. The van der Waals surface area contributed by atoms with E-state index in [1.165, 1.54) is 25.7 Å². The SMILES string of the molecule is O=c1n(CC2(CS)CCCC2)nc2n1CCCC2. The van der Waals surface area contributed by atoms with Gasteiger partial charge in [0.25, 0.3) is 0 Å². The van der Waals surface area contributed by atoms with Gasteiger partial charge in [0.1, 0.15) is 5.82 Å². The largest absolute Gasteiger partial charge is 0.345 e. The van der Waals surface area contributed by atoms with Crippen molar-refractivity contribution in [3.05, 3.63) is 16.3 Å². The molecule has 2 heterocycles. The molecular formula is C13H21N3OS. The minimum Gasteiger partial charge on any atom is -0.279 e. The maximum Gasteiger partial charge on any atom is 0.345 e. The highest BCUT2D eigenvalue weighted by atomic mass is 32.1. The van der Waals surface area contributed by atoms with Crippen LogP contribution in [0.1, 0.15) is 44.3 Å². The predicted molar refractivity (Wildman–Crippen MR) is 74.2 cm³/mol. The van der Waals surface area contributed by atoms with E-state index >= 15 is 0 Å². The fraction of sp³-hybridized carbons (Fsp3) is 0.846. The van der Waals surface area contributed by atoms with Gasteiger partial charge in [-0.15, -0.1) is 0 Å². The molecule has 0 aromatic carbocycles. The van der Waals surface area contributed by atoms with E-state index in [0.29, 0.717) is 0 Å². The lowest BCUT2D eigenvalue weighted by Crippen LogP contribution is -2.34. The van der Waals surface area contributed by atoms with Crippen molar-refractivity contribution in [1.29, 1.82) is 0 Å². The molecule has 0 atom stereocenters. The minimum absolute atomic E-state index is 0.0951. The predicted octanol–water partition coefficient (Wildman–Crippen LogP) is 1.87. The number of nitrogens with zero attached hydrogens (tertiary/aromatic N) is 3. The van der Waals surface area contributed by atoms with Gasteiger partial charge in [-0.25, -0.2) is 9.48 Å². The van der Waals surface area contributed by atoms with E-state index in [1.54, 1.807) is 4.68 Å². The summed E-state index contributed by atoms with van der Waals surface area (Å²) in [6.07, 6.45) is 8.13. The zero-order valence-electron chi connectivity index (χ0n) is 10.8. The summed E-state index contributed by atoms with van der Waals surface area (Å²) < 4.78 is 3.58. The fourth-order valence-electron chi connectivity index (χ4n) is 3.36. The lowest BCUT2D eigenvalue weighted by atomic mass is 9.88. The van der Waals surface area contributed by atoms with Crippen molar-refractivity contribution in [3.8, 4) is 0 Å². The first-order valence-electron chi connectivity index (χ1n) is 7.02. The quantitative estimate of drug-likeness (QED) is 0.849. The van der Waals surface area contributed by atoms with Gasteiger partial charge >= 0.3 is 5.69 Å². The molecule has 100 valence electrons. The fourth-order valence-corrected chi connectivity index (χ4v) is 3.78. The average molecular weight is 267 g/mol. The van der Waals surface area contributed by atoms with E-state index < -0.39 is 0 Å². The number of hydrogen-bond acceptors (Lipinski definition) is 3. The van der Waals surface area contributed by atoms with Crippen LogP contribution in [0.2, 0.25) is 0 Å². The molecule has 0 N–H and O–H groups in total. The molecule has 1 aromatic heterocycles. The van der Waals surface area contributed by atoms with Crippen LogP contribution in [0.25, 0.3) is 0 Å². The van der Waals surface area contributed by atoms with Gasteiger partial charge in [0.05, 0.1) is 6.54 Å². The van der Waals surface area contributed by atoms with E-state index in [4.69, 9.17) is 0 Å². The van der Waals surface area contributed by atoms with E-state index in [-0.39, 0.29) is 11.1 Å². The lowest BCUT2D eigenvalue weighted by molar-refractivity contribution is 0.271. The molecular weight excluding hydrogens is 246 g/mol. The Balaban J connectivity index is 1.88. The van der Waals surface area contributed by atoms with Crippen molar-refractivity contribution in [2.24, 2.45) is 5.41 Å². The Hall–Kier alpha value is -0.710. The normalized spacial score (nSPS) is 22.1. The Kier molecular flexibility index (Phi) is 3.26. The van der Waals surface area contributed by atoms with Crippen LogP contribution >= 0.6 is 12.6 Å². The number of rotatable bonds is 3. The van der Waals surface area contributed by atoms with Gasteiger partial charge in [-0.1, -0.05) is 12.8 Å². The lowest BCUT2D eigenvalue weighted by Gasteiger charge is -2.25. The number of fused-ring (bicyclic) bond motifs is 1. The molecule has 1 aromatic rings. The molecule has 4 nitrogen and oxygen atoms in total. The van der Waals surface area contributed by atoms with Crippen molar-refractivity contribution in [2.45, 2.75) is 58.0 Å². The highest BCUT2D eigenvalue weighted by Gasteiger charge is 2.34. The molecule has 0 amide bonds. The second-order valence-corrected chi connectivity index (χ2v) is 6.15. The maximum absolute atomic E-state index is 12.3. The van der Waals surface area contributed by atoms with E-state index in [2.05, 4.69) is 17.7 Å². The first-order valence-corrected chi connectivity index (χ1v) is 7.65. The summed E-state index contributed by atoms with van der Waals surface area (Å²) in [6, 6.07) is 0. The molecule has 5 heteroatoms. The van der Waals surface area contributed by atoms with E-state index in [9.17, 15) is 4.79 Å². The molecule has 1 fully saturated rings. The summed E-state index contributed by atoms with van der Waals surface area (Å²) >= 11 is 4.51. The highest BCUT2D eigenvalue weighted by Crippen LogP contribution is 2.40. The summed E-state index contributed by atoms with van der Waals surface area (Å²) in [4.78, 5) is 12.3. The first kappa shape index (κ1) is 12.3. The van der Waals surface area contributed by atoms with Crippen molar-refractivity contribution < 1.29 is 0 Å². The summed E-state index contributed by atoms with van der Waals surface area (Å²) in [5.74, 6) is 1.85. The van der Waals surface area contributed by atoms with Gasteiger partial charge in [-0.2, -0.15) is 17.7 Å². The third-order valence-electron chi connectivity index (χ3n) is 4.52. The Morgan fingerprint density at radius 2 is 2.00 bits per heavy atom. The molecule has 1 aliphatic heterocycles. The summed E-state index contributed by atoms with van der Waals surface area (Å²) in [5, 5.41) is 4.54. The number of aryl methyl sites for hydroxylation is 1. The molecule has 18 heavy (non-hydrogen) atoms. The number of hydrogen-bond donors (Lipinski definition) is 1. The summed E-state index contributed by atoms with van der Waals surface area (Å²) in [5.41, 5.74) is 0.301. The van der Waals surface area contributed by atoms with E-state index in [0.717, 1.165) is 43.9 Å². The van der Waals surface area contributed by atoms with Crippen LogP contribution in [0.3, 0.4) is 0 Å². The number of thiol groups is 1. The molecule has 2 aliphatic rings. The second kappa shape index (κ2) is 4.76. The maximum atomic E-state index is 12.3. The third-order valence-corrected chi connectivity index (χ3v) is 5.19. The molecule has 0 radical (unpaired) electrons. The van der Waals surface area contributed by atoms with Gasteiger partial charge in [0.15, 0.2) is 0 Å². The smallest absolute Gasteiger partial charge is 0.279 e. The molecule has 0 bridgehead atoms. The Morgan fingerprint density at radius 1 is 1.22 bits per heavy atom. The van der Waals surface area contributed by atoms with E-state index in [1.807, 2.05) is 4.57 Å². The zero-order chi connectivity index (χ0) is 12.6. The highest BCUT2D eigenvalue weighted by molar-refractivity contribution is 7.80. The van der Waals surface area contributed by atoms with Gasteiger partial charge in [-0.3, -0.25) is 4.57 Å². The van der Waals surface area contributed by atoms with Crippen LogP contribution in [0.4, 0.5) is 0 Å². The third kappa shape index (κ3) is 2.02. The minimum atomic E-state index is 0.0951. The summed E-state index contributed by atoms with van der Waals surface area (Å²) in [7, 11) is 0. The average Bonchev–Trinajstić information content (AvgIpc) is 2.98. The van der Waals surface area contributed by atoms with Crippen molar-refractivity contribution in [3.63, 3.8) is 0 Å². The molecule has 0 unspecified atom stereocenters. The second-order valence-electron chi connectivity index (χ2n) is 5.83. The van der Waals surface area contributed by atoms with Gasteiger partial charge in [0, 0.05) is 13.0 Å². The Labute approximate surface area is 113 Å². The zero-order valence-corrected chi connectivity index (χ0v) is 11.7. The Morgan fingerprint density at radius 3 is 2.67 bits per heavy atom. The standard InChI is InChI=1S/C13H21N3OS/c17-12-15-8-4-1-5-11(15)14-16(12)9-13(10-18)6-2-3-7-13/h18H,1-10H2. The van der Waals surface area contributed by atoms with Crippen LogP contribution in [-0.2, 0) is 19.5 Å².